The standard InChI is InChI=1S/C33H41N3O3/c1-22-20-24(33(38)39)15-16-25(22)30(23-10-5-4-6-11-23)26-12-7-8-18-36-21-29(32(37)34-17-19-35(2)3)28-14-9-13-27(26)31(28)36/h9,13-16,20-21,23H,4-8,10-12,17-19H2,1-3H3,(H,34,37)(H,38,39)/b30-26+. The molecule has 1 aromatic heterocycles. The Labute approximate surface area is 231 Å². The van der Waals surface area contributed by atoms with Crippen molar-refractivity contribution in [2.75, 3.05) is 27.2 Å². The summed E-state index contributed by atoms with van der Waals surface area (Å²) in [5.41, 5.74) is 8.42. The molecule has 2 N–H and O–H groups in total. The molecule has 0 atom stereocenters. The molecule has 0 bridgehead atoms. The number of benzene rings is 2. The molecule has 0 spiro atoms. The number of allylic oxidation sites excluding steroid dienone is 2. The molecule has 6 heteroatoms. The smallest absolute Gasteiger partial charge is 0.335 e. The Morgan fingerprint density at radius 2 is 1.82 bits per heavy atom. The lowest BCUT2D eigenvalue weighted by Gasteiger charge is -2.30. The molecule has 1 saturated carbocycles. The van der Waals surface area contributed by atoms with E-state index in [2.05, 4.69) is 39.2 Å². The molecule has 1 aliphatic carbocycles. The highest BCUT2D eigenvalue weighted by molar-refractivity contribution is 6.11. The van der Waals surface area contributed by atoms with Crippen LogP contribution in [0.3, 0.4) is 0 Å². The number of hydrogen-bond acceptors (Lipinski definition) is 3. The Hall–Kier alpha value is -3.38. The lowest BCUT2D eigenvalue weighted by Crippen LogP contribution is -2.31. The fraction of sp³-hybridized carbons (Fsp3) is 0.455. The van der Waals surface area contributed by atoms with E-state index in [-0.39, 0.29) is 5.91 Å². The molecular formula is C33H41N3O3. The average Bonchev–Trinajstić information content (AvgIpc) is 3.29. The highest BCUT2D eigenvalue weighted by Crippen LogP contribution is 2.45. The minimum Gasteiger partial charge on any atom is -0.478 e. The van der Waals surface area contributed by atoms with E-state index >= 15 is 0 Å². The van der Waals surface area contributed by atoms with E-state index < -0.39 is 5.97 Å². The van der Waals surface area contributed by atoms with Gasteiger partial charge in [0.25, 0.3) is 5.91 Å². The van der Waals surface area contributed by atoms with Gasteiger partial charge >= 0.3 is 5.97 Å². The Bertz CT molecular complexity index is 1410. The molecule has 39 heavy (non-hydrogen) atoms. The topological polar surface area (TPSA) is 74.6 Å². The van der Waals surface area contributed by atoms with Crippen molar-refractivity contribution < 1.29 is 14.7 Å². The molecule has 206 valence electrons. The van der Waals surface area contributed by atoms with Gasteiger partial charge < -0.3 is 19.9 Å². The molecular weight excluding hydrogens is 486 g/mol. The first-order chi connectivity index (χ1) is 18.8. The van der Waals surface area contributed by atoms with E-state index in [9.17, 15) is 14.7 Å². The van der Waals surface area contributed by atoms with Crippen molar-refractivity contribution in [2.45, 2.75) is 64.8 Å². The van der Waals surface area contributed by atoms with Crippen LogP contribution in [-0.4, -0.2) is 53.6 Å². The first kappa shape index (κ1) is 27.2. The van der Waals surface area contributed by atoms with E-state index in [1.54, 1.807) is 6.07 Å². The van der Waals surface area contributed by atoms with E-state index in [0.29, 0.717) is 18.0 Å². The van der Waals surface area contributed by atoms with Crippen molar-refractivity contribution in [3.63, 3.8) is 0 Å². The molecule has 5 rings (SSSR count). The van der Waals surface area contributed by atoms with Crippen LogP contribution in [0.2, 0.25) is 0 Å². The number of hydrogen-bond donors (Lipinski definition) is 2. The number of aryl methyl sites for hydroxylation is 2. The maximum atomic E-state index is 13.3. The molecule has 2 aromatic carbocycles. The largest absolute Gasteiger partial charge is 0.478 e. The molecule has 0 saturated heterocycles. The maximum absolute atomic E-state index is 13.3. The Kier molecular flexibility index (Phi) is 8.22. The van der Waals surface area contributed by atoms with Gasteiger partial charge in [-0.25, -0.2) is 4.79 Å². The zero-order chi connectivity index (χ0) is 27.5. The van der Waals surface area contributed by atoms with E-state index in [4.69, 9.17) is 0 Å². The second-order valence-electron chi connectivity index (χ2n) is 11.5. The van der Waals surface area contributed by atoms with Crippen LogP contribution in [0.5, 0.6) is 0 Å². The normalized spacial score (nSPS) is 17.6. The number of likely N-dealkylation sites (N-methyl/N-ethyl adjacent to an activating group) is 1. The lowest BCUT2D eigenvalue weighted by molar-refractivity contribution is 0.0696. The Morgan fingerprint density at radius 1 is 1.03 bits per heavy atom. The zero-order valence-corrected chi connectivity index (χ0v) is 23.6. The molecule has 1 fully saturated rings. The summed E-state index contributed by atoms with van der Waals surface area (Å²) < 4.78 is 2.30. The highest BCUT2D eigenvalue weighted by atomic mass is 16.4. The summed E-state index contributed by atoms with van der Waals surface area (Å²) in [6, 6.07) is 12.0. The average molecular weight is 528 g/mol. The molecule has 2 aliphatic rings. The Balaban J connectivity index is 1.69. The number of carbonyl (C=O) groups excluding carboxylic acids is 1. The third-order valence-corrected chi connectivity index (χ3v) is 8.49. The van der Waals surface area contributed by atoms with E-state index in [0.717, 1.165) is 67.2 Å². The summed E-state index contributed by atoms with van der Waals surface area (Å²) in [6.07, 6.45) is 11.2. The number of nitrogens with one attached hydrogen (secondary N) is 1. The van der Waals surface area contributed by atoms with Crippen LogP contribution in [-0.2, 0) is 6.54 Å². The molecule has 3 aromatic rings. The van der Waals surface area contributed by atoms with Crippen LogP contribution in [0, 0.1) is 12.8 Å². The van der Waals surface area contributed by atoms with Crippen molar-refractivity contribution in [2.24, 2.45) is 5.92 Å². The van der Waals surface area contributed by atoms with Crippen molar-refractivity contribution in [1.29, 1.82) is 0 Å². The number of rotatable bonds is 7. The number of aromatic nitrogens is 1. The molecule has 1 amide bonds. The minimum absolute atomic E-state index is 0.0184. The summed E-state index contributed by atoms with van der Waals surface area (Å²) in [4.78, 5) is 27.0. The SMILES string of the molecule is Cc1cc(C(=O)O)ccc1/C(=C1\CCCCn2cc(C(=O)NCCN(C)C)c3cccc1c32)C1CCCCC1. The predicted molar refractivity (Wildman–Crippen MR) is 158 cm³/mol. The summed E-state index contributed by atoms with van der Waals surface area (Å²) in [5.74, 6) is -0.452. The molecule has 0 radical (unpaired) electrons. The highest BCUT2D eigenvalue weighted by Gasteiger charge is 2.27. The van der Waals surface area contributed by atoms with Crippen molar-refractivity contribution in [3.05, 3.63) is 70.4 Å². The fourth-order valence-corrected chi connectivity index (χ4v) is 6.57. The van der Waals surface area contributed by atoms with E-state index in [1.165, 1.54) is 41.5 Å². The number of carboxylic acids is 1. The van der Waals surface area contributed by atoms with Gasteiger partial charge in [-0.05, 0) is 93.4 Å². The third-order valence-electron chi connectivity index (χ3n) is 8.49. The predicted octanol–water partition coefficient (Wildman–Crippen LogP) is 6.61. The van der Waals surface area contributed by atoms with Gasteiger partial charge in [0.1, 0.15) is 0 Å². The summed E-state index contributed by atoms with van der Waals surface area (Å²) in [5, 5.41) is 13.7. The first-order valence-corrected chi connectivity index (χ1v) is 14.5. The number of para-hydroxylation sites is 1. The van der Waals surface area contributed by atoms with Gasteiger partial charge in [0.05, 0.1) is 16.6 Å². The van der Waals surface area contributed by atoms with Crippen LogP contribution in [0.25, 0.3) is 22.0 Å². The van der Waals surface area contributed by atoms with Gasteiger partial charge in [-0.1, -0.05) is 43.5 Å². The van der Waals surface area contributed by atoms with Gasteiger partial charge in [0.15, 0.2) is 0 Å². The second-order valence-corrected chi connectivity index (χ2v) is 11.5. The molecule has 6 nitrogen and oxygen atoms in total. The summed E-state index contributed by atoms with van der Waals surface area (Å²) in [6.45, 7) is 4.36. The van der Waals surface area contributed by atoms with E-state index in [1.807, 2.05) is 33.2 Å². The quantitative estimate of drug-likeness (QED) is 0.362. The maximum Gasteiger partial charge on any atom is 0.335 e. The van der Waals surface area contributed by atoms with Crippen LogP contribution in [0.15, 0.2) is 42.6 Å². The minimum atomic E-state index is -0.888. The van der Waals surface area contributed by atoms with Gasteiger partial charge in [-0.2, -0.15) is 0 Å². The van der Waals surface area contributed by atoms with Gasteiger partial charge in [0.2, 0.25) is 0 Å². The second kappa shape index (κ2) is 11.8. The third kappa shape index (κ3) is 5.67. The van der Waals surface area contributed by atoms with Crippen LogP contribution < -0.4 is 5.32 Å². The zero-order valence-electron chi connectivity index (χ0n) is 23.6. The van der Waals surface area contributed by atoms with Gasteiger partial charge in [-0.3, -0.25) is 4.79 Å². The van der Waals surface area contributed by atoms with Crippen LogP contribution in [0.4, 0.5) is 0 Å². The lowest BCUT2D eigenvalue weighted by atomic mass is 9.75. The van der Waals surface area contributed by atoms with Crippen LogP contribution >= 0.6 is 0 Å². The first-order valence-electron chi connectivity index (χ1n) is 14.5. The number of nitrogens with zero attached hydrogens (tertiary/aromatic N) is 2. The Morgan fingerprint density at radius 3 is 2.54 bits per heavy atom. The van der Waals surface area contributed by atoms with Crippen LogP contribution in [0.1, 0.15) is 88.8 Å². The number of amides is 1. The summed E-state index contributed by atoms with van der Waals surface area (Å²) >= 11 is 0. The van der Waals surface area contributed by atoms with Gasteiger partial charge in [0, 0.05) is 36.8 Å². The number of aromatic carboxylic acids is 1. The molecule has 1 aliphatic heterocycles. The molecule has 0 unspecified atom stereocenters. The number of carboxylic acid groups (broad SMARTS) is 1. The fourth-order valence-electron chi connectivity index (χ4n) is 6.57. The number of carbonyl (C=O) groups is 2. The van der Waals surface area contributed by atoms with Crippen molar-refractivity contribution in [3.8, 4) is 0 Å². The summed E-state index contributed by atoms with van der Waals surface area (Å²) in [7, 11) is 4.02. The van der Waals surface area contributed by atoms with Gasteiger partial charge in [-0.15, -0.1) is 0 Å². The van der Waals surface area contributed by atoms with Crippen molar-refractivity contribution >= 4 is 33.9 Å². The molecule has 2 heterocycles. The van der Waals surface area contributed by atoms with Crippen molar-refractivity contribution in [1.82, 2.24) is 14.8 Å². The monoisotopic (exact) mass is 527 g/mol.